The number of aryl methyl sites for hydroxylation is 3. The Kier molecular flexibility index (Phi) is 4.47. The van der Waals surface area contributed by atoms with Crippen LogP contribution in [0.2, 0.25) is 0 Å². The summed E-state index contributed by atoms with van der Waals surface area (Å²) in [4.78, 5) is 24.2. The Bertz CT molecular complexity index is 988. The first-order valence-corrected chi connectivity index (χ1v) is 7.81. The lowest BCUT2D eigenvalue weighted by molar-refractivity contribution is -0.117. The first-order valence-electron chi connectivity index (χ1n) is 7.81. The molecule has 0 aliphatic heterocycles. The summed E-state index contributed by atoms with van der Waals surface area (Å²) >= 11 is 0. The summed E-state index contributed by atoms with van der Waals surface area (Å²) in [6, 6.07) is 10.7. The fraction of sp³-hybridized carbons (Fsp3) is 0.222. The summed E-state index contributed by atoms with van der Waals surface area (Å²) in [5, 5.41) is 10.6. The van der Waals surface area contributed by atoms with Gasteiger partial charge in [0.25, 0.3) is 5.56 Å². The van der Waals surface area contributed by atoms with E-state index < -0.39 is 5.91 Å². The number of nitrogens with one attached hydrogen (secondary N) is 1. The van der Waals surface area contributed by atoms with Gasteiger partial charge in [-0.15, -0.1) is 0 Å². The van der Waals surface area contributed by atoms with Crippen LogP contribution in [-0.4, -0.2) is 20.8 Å². The van der Waals surface area contributed by atoms with Crippen LogP contribution in [0.5, 0.6) is 0 Å². The van der Waals surface area contributed by atoms with Crippen LogP contribution in [0.1, 0.15) is 16.9 Å². The van der Waals surface area contributed by atoms with Crippen LogP contribution in [0.4, 0.5) is 5.82 Å². The molecule has 7 heteroatoms. The van der Waals surface area contributed by atoms with Gasteiger partial charge in [0, 0.05) is 17.7 Å². The highest BCUT2D eigenvalue weighted by molar-refractivity contribution is 5.89. The van der Waals surface area contributed by atoms with Crippen molar-refractivity contribution >= 4 is 11.7 Å². The Balaban J connectivity index is 1.85. The quantitative estimate of drug-likeness (QED) is 0.789. The molecule has 0 bridgehead atoms. The fourth-order valence-electron chi connectivity index (χ4n) is 2.46. The maximum absolute atomic E-state index is 12.1. The van der Waals surface area contributed by atoms with Crippen molar-refractivity contribution in [3.8, 4) is 11.3 Å². The number of amides is 1. The number of rotatable bonds is 4. The molecule has 0 unspecified atom stereocenters. The third-order valence-corrected chi connectivity index (χ3v) is 3.72. The Morgan fingerprint density at radius 2 is 1.96 bits per heavy atom. The molecule has 0 aliphatic carbocycles. The molecule has 3 rings (SSSR count). The zero-order valence-corrected chi connectivity index (χ0v) is 14.2. The summed E-state index contributed by atoms with van der Waals surface area (Å²) < 4.78 is 6.03. The second-order valence-electron chi connectivity index (χ2n) is 5.90. The lowest BCUT2D eigenvalue weighted by Gasteiger charge is -2.09. The van der Waals surface area contributed by atoms with Crippen LogP contribution < -0.4 is 10.9 Å². The Morgan fingerprint density at radius 3 is 2.68 bits per heavy atom. The molecule has 1 N–H and O–H groups in total. The standard InChI is InChI=1S/C18H18N4O3/c1-11-4-5-12(2)14(8-11)15-6-7-18(24)22(20-15)10-17(23)19-16-9-13(3)25-21-16/h4-9H,10H2,1-3H3,(H,19,21,23). The third-order valence-electron chi connectivity index (χ3n) is 3.72. The maximum Gasteiger partial charge on any atom is 0.267 e. The number of aromatic nitrogens is 3. The van der Waals surface area contributed by atoms with Crippen molar-refractivity contribution < 1.29 is 9.32 Å². The van der Waals surface area contributed by atoms with Crippen molar-refractivity contribution in [3.05, 3.63) is 63.6 Å². The molecule has 0 radical (unpaired) electrons. The minimum atomic E-state index is -0.402. The maximum atomic E-state index is 12.1. The zero-order chi connectivity index (χ0) is 18.0. The number of hydrogen-bond acceptors (Lipinski definition) is 5. The van der Waals surface area contributed by atoms with Gasteiger partial charge < -0.3 is 9.84 Å². The summed E-state index contributed by atoms with van der Waals surface area (Å²) in [7, 11) is 0. The Morgan fingerprint density at radius 1 is 1.16 bits per heavy atom. The molecular weight excluding hydrogens is 320 g/mol. The van der Waals surface area contributed by atoms with E-state index in [1.165, 1.54) is 6.07 Å². The molecule has 0 spiro atoms. The summed E-state index contributed by atoms with van der Waals surface area (Å²) in [5.41, 5.74) is 3.37. The van der Waals surface area contributed by atoms with Crippen LogP contribution >= 0.6 is 0 Å². The summed E-state index contributed by atoms with van der Waals surface area (Å²) in [6.07, 6.45) is 0. The molecule has 0 atom stereocenters. The minimum absolute atomic E-state index is 0.205. The molecule has 1 aromatic carbocycles. The first-order chi connectivity index (χ1) is 11.9. The largest absolute Gasteiger partial charge is 0.360 e. The van der Waals surface area contributed by atoms with E-state index in [1.54, 1.807) is 19.1 Å². The number of benzene rings is 1. The van der Waals surface area contributed by atoms with Gasteiger partial charge in [-0.1, -0.05) is 22.9 Å². The average Bonchev–Trinajstić information content (AvgIpc) is 2.97. The van der Waals surface area contributed by atoms with Gasteiger partial charge in [0.15, 0.2) is 5.82 Å². The zero-order valence-electron chi connectivity index (χ0n) is 14.2. The molecule has 2 heterocycles. The Hall–Kier alpha value is -3.22. The van der Waals surface area contributed by atoms with Crippen molar-refractivity contribution in [2.75, 3.05) is 5.32 Å². The van der Waals surface area contributed by atoms with Crippen LogP contribution in [0.3, 0.4) is 0 Å². The van der Waals surface area contributed by atoms with E-state index in [0.29, 0.717) is 17.3 Å². The Labute approximate surface area is 144 Å². The van der Waals surface area contributed by atoms with Crippen molar-refractivity contribution in [2.45, 2.75) is 27.3 Å². The van der Waals surface area contributed by atoms with Crippen LogP contribution in [-0.2, 0) is 11.3 Å². The third kappa shape index (κ3) is 3.82. The summed E-state index contributed by atoms with van der Waals surface area (Å²) in [5.74, 6) is 0.491. The van der Waals surface area contributed by atoms with Crippen LogP contribution in [0, 0.1) is 20.8 Å². The van der Waals surface area contributed by atoms with Gasteiger partial charge in [-0.3, -0.25) is 9.59 Å². The average molecular weight is 338 g/mol. The topological polar surface area (TPSA) is 90.0 Å². The fourth-order valence-corrected chi connectivity index (χ4v) is 2.46. The smallest absolute Gasteiger partial charge is 0.267 e. The van der Waals surface area contributed by atoms with Crippen molar-refractivity contribution in [2.24, 2.45) is 0 Å². The molecule has 0 fully saturated rings. The molecule has 0 aliphatic rings. The molecule has 2 aromatic heterocycles. The highest BCUT2D eigenvalue weighted by Crippen LogP contribution is 2.21. The first kappa shape index (κ1) is 16.6. The molecule has 7 nitrogen and oxygen atoms in total. The minimum Gasteiger partial charge on any atom is -0.360 e. The molecule has 1 amide bonds. The summed E-state index contributed by atoms with van der Waals surface area (Å²) in [6.45, 7) is 5.49. The van der Waals surface area contributed by atoms with E-state index in [1.807, 2.05) is 32.0 Å². The van der Waals surface area contributed by atoms with E-state index in [2.05, 4.69) is 15.6 Å². The van der Waals surface area contributed by atoms with Gasteiger partial charge in [-0.25, -0.2) is 4.68 Å². The normalized spacial score (nSPS) is 10.7. The van der Waals surface area contributed by atoms with Crippen LogP contribution in [0.15, 0.2) is 45.7 Å². The van der Waals surface area contributed by atoms with Crippen molar-refractivity contribution in [1.82, 2.24) is 14.9 Å². The van der Waals surface area contributed by atoms with Gasteiger partial charge >= 0.3 is 0 Å². The monoisotopic (exact) mass is 338 g/mol. The molecule has 25 heavy (non-hydrogen) atoms. The second-order valence-corrected chi connectivity index (χ2v) is 5.90. The van der Waals surface area contributed by atoms with Gasteiger partial charge in [-0.05, 0) is 38.5 Å². The van der Waals surface area contributed by atoms with E-state index in [-0.39, 0.29) is 12.1 Å². The van der Waals surface area contributed by atoms with Crippen molar-refractivity contribution in [3.63, 3.8) is 0 Å². The predicted molar refractivity (Wildman–Crippen MR) is 93.3 cm³/mol. The molecule has 0 saturated carbocycles. The lowest BCUT2D eigenvalue weighted by Crippen LogP contribution is -2.29. The van der Waals surface area contributed by atoms with Gasteiger partial charge in [0.1, 0.15) is 12.3 Å². The van der Waals surface area contributed by atoms with E-state index in [4.69, 9.17) is 4.52 Å². The van der Waals surface area contributed by atoms with E-state index >= 15 is 0 Å². The number of nitrogens with zero attached hydrogens (tertiary/aromatic N) is 3. The SMILES string of the molecule is Cc1ccc(C)c(-c2ccc(=O)n(CC(=O)Nc3cc(C)on3)n2)c1. The predicted octanol–water partition coefficient (Wildman–Crippen LogP) is 2.46. The molecule has 0 saturated heterocycles. The van der Waals surface area contributed by atoms with Gasteiger partial charge in [0.05, 0.1) is 5.69 Å². The van der Waals surface area contributed by atoms with E-state index in [9.17, 15) is 9.59 Å². The molecule has 3 aromatic rings. The molecule has 128 valence electrons. The van der Waals surface area contributed by atoms with Gasteiger partial charge in [-0.2, -0.15) is 5.10 Å². The number of carbonyl (C=O) groups is 1. The lowest BCUT2D eigenvalue weighted by atomic mass is 10.0. The second kappa shape index (κ2) is 6.72. The number of anilines is 1. The van der Waals surface area contributed by atoms with Crippen LogP contribution in [0.25, 0.3) is 11.3 Å². The van der Waals surface area contributed by atoms with Gasteiger partial charge in [0.2, 0.25) is 5.91 Å². The number of hydrogen-bond donors (Lipinski definition) is 1. The number of carbonyl (C=O) groups excluding carboxylic acids is 1. The van der Waals surface area contributed by atoms with Crippen molar-refractivity contribution in [1.29, 1.82) is 0 Å². The van der Waals surface area contributed by atoms with E-state index in [0.717, 1.165) is 21.4 Å². The molecular formula is C18H18N4O3. The highest BCUT2D eigenvalue weighted by Gasteiger charge is 2.11. The highest BCUT2D eigenvalue weighted by atomic mass is 16.5.